The summed E-state index contributed by atoms with van der Waals surface area (Å²) in [7, 11) is 0. The molecule has 1 amide bonds. The smallest absolute Gasteiger partial charge is 0.223 e. The lowest BCUT2D eigenvalue weighted by Gasteiger charge is -2.52. The van der Waals surface area contributed by atoms with E-state index >= 15 is 0 Å². The third-order valence-electron chi connectivity index (χ3n) is 5.48. The van der Waals surface area contributed by atoms with Crippen LogP contribution in [0.2, 0.25) is 0 Å². The number of aliphatic hydroxyl groups excluding tert-OH is 1. The van der Waals surface area contributed by atoms with Crippen molar-refractivity contribution in [1.29, 1.82) is 0 Å². The Hall–Kier alpha value is -1.36. The lowest BCUT2D eigenvalue weighted by atomic mass is 9.57. The summed E-state index contributed by atoms with van der Waals surface area (Å²) in [5, 5.41) is 16.2. The summed E-state index contributed by atoms with van der Waals surface area (Å²) in [6.07, 6.45) is 5.11. The van der Waals surface area contributed by atoms with E-state index in [-0.39, 0.29) is 29.9 Å². The van der Waals surface area contributed by atoms with Crippen molar-refractivity contribution in [1.82, 2.24) is 10.5 Å². The quantitative estimate of drug-likeness (QED) is 0.871. The minimum Gasteiger partial charge on any atom is -0.388 e. The van der Waals surface area contributed by atoms with Crippen LogP contribution in [-0.4, -0.2) is 22.2 Å². The van der Waals surface area contributed by atoms with E-state index in [1.54, 1.807) is 0 Å². The minimum absolute atomic E-state index is 0.0811. The van der Waals surface area contributed by atoms with Gasteiger partial charge in [-0.1, -0.05) is 25.4 Å². The molecule has 2 atom stereocenters. The molecular weight excluding hydrogens is 268 g/mol. The van der Waals surface area contributed by atoms with Gasteiger partial charge in [0.1, 0.15) is 6.61 Å². The first kappa shape index (κ1) is 14.6. The number of carbonyl (C=O) groups is 1. The van der Waals surface area contributed by atoms with Crippen LogP contribution in [0.5, 0.6) is 0 Å². The molecule has 0 aliphatic heterocycles. The molecular formula is C16H24N2O3. The second kappa shape index (κ2) is 5.44. The van der Waals surface area contributed by atoms with E-state index in [0.29, 0.717) is 11.7 Å². The third kappa shape index (κ3) is 2.71. The predicted octanol–water partition coefficient (Wildman–Crippen LogP) is 2.04. The molecule has 0 bridgehead atoms. The van der Waals surface area contributed by atoms with Gasteiger partial charge in [0.2, 0.25) is 5.91 Å². The molecule has 5 nitrogen and oxygen atoms in total. The molecule has 2 saturated carbocycles. The molecule has 2 aliphatic carbocycles. The zero-order valence-electron chi connectivity index (χ0n) is 12.8. The van der Waals surface area contributed by atoms with Crippen LogP contribution < -0.4 is 5.32 Å². The van der Waals surface area contributed by atoms with Crippen LogP contribution in [0.3, 0.4) is 0 Å². The zero-order valence-corrected chi connectivity index (χ0v) is 12.8. The number of carbonyl (C=O) groups excluding carboxylic acids is 1. The van der Waals surface area contributed by atoms with Crippen LogP contribution in [0.15, 0.2) is 10.6 Å². The number of aliphatic hydroxyl groups is 1. The average Bonchev–Trinajstić information content (AvgIpc) is 2.83. The lowest BCUT2D eigenvalue weighted by molar-refractivity contribution is -0.132. The van der Waals surface area contributed by atoms with E-state index in [1.807, 2.05) is 6.07 Å². The maximum Gasteiger partial charge on any atom is 0.223 e. The third-order valence-corrected chi connectivity index (χ3v) is 5.48. The first-order valence-electron chi connectivity index (χ1n) is 7.86. The van der Waals surface area contributed by atoms with Gasteiger partial charge >= 0.3 is 0 Å². The highest BCUT2D eigenvalue weighted by Crippen LogP contribution is 2.48. The molecule has 0 radical (unpaired) electrons. The topological polar surface area (TPSA) is 75.4 Å². The van der Waals surface area contributed by atoms with Crippen LogP contribution in [0, 0.1) is 17.3 Å². The van der Waals surface area contributed by atoms with Crippen LogP contribution in [0.25, 0.3) is 0 Å². The molecule has 1 aromatic rings. The Kier molecular flexibility index (Phi) is 3.78. The van der Waals surface area contributed by atoms with Gasteiger partial charge in [0, 0.05) is 18.0 Å². The van der Waals surface area contributed by atoms with Gasteiger partial charge in [-0.15, -0.1) is 0 Å². The number of amides is 1. The van der Waals surface area contributed by atoms with Gasteiger partial charge in [-0.05, 0) is 37.0 Å². The van der Waals surface area contributed by atoms with Crippen molar-refractivity contribution in [2.45, 2.75) is 58.6 Å². The molecule has 5 heteroatoms. The molecule has 0 spiro atoms. The molecule has 2 fully saturated rings. The Bertz CT molecular complexity index is 519. The van der Waals surface area contributed by atoms with Gasteiger partial charge in [-0.25, -0.2) is 0 Å². The Morgan fingerprint density at radius 3 is 2.81 bits per heavy atom. The normalized spacial score (nSPS) is 27.8. The van der Waals surface area contributed by atoms with Gasteiger partial charge in [0.25, 0.3) is 0 Å². The maximum atomic E-state index is 12.1. The molecule has 0 aromatic carbocycles. The standard InChI is InChI=1S/C16H24N2O3/c1-16(2)11(6-12-8-13(9-19)21-18-12)7-14(16)17-15(20)10-4-3-5-10/h8,10-11,14,19H,3-7,9H2,1-2H3,(H,17,20)/t11-,14+/m1/s1. The number of hydrogen-bond donors (Lipinski definition) is 2. The van der Waals surface area contributed by atoms with Crippen molar-refractivity contribution in [2.24, 2.45) is 17.3 Å². The van der Waals surface area contributed by atoms with E-state index in [4.69, 9.17) is 9.63 Å². The minimum atomic E-state index is -0.110. The van der Waals surface area contributed by atoms with Crippen LogP contribution in [0.1, 0.15) is 51.0 Å². The predicted molar refractivity (Wildman–Crippen MR) is 77.3 cm³/mol. The van der Waals surface area contributed by atoms with E-state index in [9.17, 15) is 4.79 Å². The van der Waals surface area contributed by atoms with Gasteiger partial charge in [0.15, 0.2) is 5.76 Å². The van der Waals surface area contributed by atoms with Crippen molar-refractivity contribution in [3.05, 3.63) is 17.5 Å². The van der Waals surface area contributed by atoms with Gasteiger partial charge < -0.3 is 14.9 Å². The fraction of sp³-hybridized carbons (Fsp3) is 0.750. The summed E-state index contributed by atoms with van der Waals surface area (Å²) in [6.45, 7) is 4.31. The lowest BCUT2D eigenvalue weighted by Crippen LogP contribution is -2.59. The maximum absolute atomic E-state index is 12.1. The largest absolute Gasteiger partial charge is 0.388 e. The first-order valence-corrected chi connectivity index (χ1v) is 7.86. The van der Waals surface area contributed by atoms with Crippen molar-refractivity contribution in [3.8, 4) is 0 Å². The zero-order chi connectivity index (χ0) is 15.0. The number of nitrogens with zero attached hydrogens (tertiary/aromatic N) is 1. The Balaban J connectivity index is 1.54. The van der Waals surface area contributed by atoms with Crippen molar-refractivity contribution in [2.75, 3.05) is 0 Å². The molecule has 3 rings (SSSR count). The molecule has 2 aliphatic rings. The van der Waals surface area contributed by atoms with E-state index in [1.165, 1.54) is 6.42 Å². The van der Waals surface area contributed by atoms with Gasteiger partial charge in [-0.3, -0.25) is 4.79 Å². The Morgan fingerprint density at radius 1 is 1.52 bits per heavy atom. The summed E-state index contributed by atoms with van der Waals surface area (Å²) in [6, 6.07) is 2.08. The number of rotatable bonds is 5. The van der Waals surface area contributed by atoms with E-state index in [0.717, 1.165) is 31.4 Å². The summed E-state index contributed by atoms with van der Waals surface area (Å²) in [5.41, 5.74) is 0.971. The van der Waals surface area contributed by atoms with Crippen LogP contribution >= 0.6 is 0 Å². The van der Waals surface area contributed by atoms with Crippen LogP contribution in [-0.2, 0) is 17.8 Å². The highest BCUT2D eigenvalue weighted by Gasteiger charge is 2.49. The van der Waals surface area contributed by atoms with E-state index in [2.05, 4.69) is 24.3 Å². The summed E-state index contributed by atoms with van der Waals surface area (Å²) >= 11 is 0. The van der Waals surface area contributed by atoms with Crippen LogP contribution in [0.4, 0.5) is 0 Å². The van der Waals surface area contributed by atoms with Crippen molar-refractivity contribution >= 4 is 5.91 Å². The fourth-order valence-electron chi connectivity index (χ4n) is 3.35. The summed E-state index contributed by atoms with van der Waals surface area (Å²) in [4.78, 5) is 12.1. The molecule has 2 N–H and O–H groups in total. The monoisotopic (exact) mass is 292 g/mol. The second-order valence-electron chi connectivity index (χ2n) is 7.09. The molecule has 1 heterocycles. The average molecular weight is 292 g/mol. The SMILES string of the molecule is CC1(C)[C@H](Cc2cc(CO)on2)C[C@@H]1NC(=O)C1CCC1. The van der Waals surface area contributed by atoms with Gasteiger partial charge in [-0.2, -0.15) is 0 Å². The van der Waals surface area contributed by atoms with Crippen molar-refractivity contribution < 1.29 is 14.4 Å². The highest BCUT2D eigenvalue weighted by atomic mass is 16.5. The first-order chi connectivity index (χ1) is 10.0. The number of aromatic nitrogens is 1. The van der Waals surface area contributed by atoms with E-state index < -0.39 is 0 Å². The molecule has 21 heavy (non-hydrogen) atoms. The summed E-state index contributed by atoms with van der Waals surface area (Å²) in [5.74, 6) is 1.49. The fourth-order valence-corrected chi connectivity index (χ4v) is 3.35. The molecule has 0 unspecified atom stereocenters. The highest BCUT2D eigenvalue weighted by molar-refractivity contribution is 5.79. The Morgan fingerprint density at radius 2 is 2.29 bits per heavy atom. The molecule has 1 aromatic heterocycles. The number of nitrogens with one attached hydrogen (secondary N) is 1. The summed E-state index contributed by atoms with van der Waals surface area (Å²) < 4.78 is 5.03. The molecule has 116 valence electrons. The van der Waals surface area contributed by atoms with Gasteiger partial charge in [0.05, 0.1) is 5.69 Å². The second-order valence-corrected chi connectivity index (χ2v) is 7.09. The molecule has 0 saturated heterocycles. The Labute approximate surface area is 125 Å². The number of hydrogen-bond acceptors (Lipinski definition) is 4. The van der Waals surface area contributed by atoms with Crippen molar-refractivity contribution in [3.63, 3.8) is 0 Å².